The number of fused-ring (bicyclic) bond motifs is 1. The predicted molar refractivity (Wildman–Crippen MR) is 84.4 cm³/mol. The van der Waals surface area contributed by atoms with Crippen LogP contribution >= 0.6 is 0 Å². The van der Waals surface area contributed by atoms with E-state index in [9.17, 15) is 23.2 Å². The smallest absolute Gasteiger partial charge is 0.310 e. The van der Waals surface area contributed by atoms with Crippen LogP contribution < -0.4 is 0 Å². The van der Waals surface area contributed by atoms with E-state index in [1.807, 2.05) is 0 Å². The fourth-order valence-electron chi connectivity index (χ4n) is 3.84. The van der Waals surface area contributed by atoms with Crippen LogP contribution in [0.3, 0.4) is 0 Å². The molecule has 25 heavy (non-hydrogen) atoms. The molecule has 1 amide bonds. The number of carbonyl (C=O) groups excluding carboxylic acids is 1. The molecule has 4 nitrogen and oxygen atoms in total. The van der Waals surface area contributed by atoms with Gasteiger partial charge < -0.3 is 4.90 Å². The Morgan fingerprint density at radius 3 is 2.52 bits per heavy atom. The molecule has 3 rings (SSSR count). The summed E-state index contributed by atoms with van der Waals surface area (Å²) in [5, 5.41) is 9.32. The first-order valence-corrected chi connectivity index (χ1v) is 8.62. The fourth-order valence-corrected chi connectivity index (χ4v) is 3.84. The number of nitrogens with zero attached hydrogens (tertiary/aromatic N) is 1. The van der Waals surface area contributed by atoms with Gasteiger partial charge in [0.15, 0.2) is 6.23 Å². The molecule has 1 aromatic rings. The van der Waals surface area contributed by atoms with Crippen molar-refractivity contribution in [1.29, 1.82) is 0 Å². The molecular formula is C18H22F3NO3. The normalized spacial score (nSPS) is 27.1. The monoisotopic (exact) mass is 357 g/mol. The number of hydrogen-bond donors (Lipinski definition) is 1. The molecule has 1 fully saturated rings. The fraction of sp³-hybridized carbons (Fsp3) is 0.611. The molecule has 1 atom stereocenters. The van der Waals surface area contributed by atoms with Gasteiger partial charge in [0.1, 0.15) is 0 Å². The Bertz CT molecular complexity index is 639. The molecule has 2 aliphatic rings. The van der Waals surface area contributed by atoms with Crippen LogP contribution in [0.5, 0.6) is 0 Å². The maximum atomic E-state index is 13.0. The molecule has 7 heteroatoms. The van der Waals surface area contributed by atoms with Gasteiger partial charge in [-0.05, 0) is 55.7 Å². The van der Waals surface area contributed by atoms with E-state index in [2.05, 4.69) is 11.8 Å². The SMILES string of the molecule is CC1CCC(C(=O)N2CCc3ccc(C(F)(F)F)cc3C2OO)CC1. The van der Waals surface area contributed by atoms with Crippen LogP contribution in [0.1, 0.15) is 55.5 Å². The summed E-state index contributed by atoms with van der Waals surface area (Å²) in [7, 11) is 0. The lowest BCUT2D eigenvalue weighted by molar-refractivity contribution is -0.315. The highest BCUT2D eigenvalue weighted by atomic mass is 19.4. The van der Waals surface area contributed by atoms with E-state index >= 15 is 0 Å². The van der Waals surface area contributed by atoms with Crippen molar-refractivity contribution in [3.05, 3.63) is 34.9 Å². The van der Waals surface area contributed by atoms with Crippen molar-refractivity contribution < 1.29 is 28.1 Å². The molecule has 0 aromatic heterocycles. The van der Waals surface area contributed by atoms with Crippen LogP contribution in [-0.4, -0.2) is 22.6 Å². The number of rotatable bonds is 2. The Labute approximate surface area is 144 Å². The number of carbonyl (C=O) groups is 1. The lowest BCUT2D eigenvalue weighted by Crippen LogP contribution is -2.44. The summed E-state index contributed by atoms with van der Waals surface area (Å²) in [5.74, 6) is 0.292. The first-order valence-electron chi connectivity index (χ1n) is 8.62. The van der Waals surface area contributed by atoms with Gasteiger partial charge in [0.25, 0.3) is 0 Å². The summed E-state index contributed by atoms with van der Waals surface area (Å²) in [6.45, 7) is 2.48. The second-order valence-corrected chi connectivity index (χ2v) is 7.11. The third-order valence-electron chi connectivity index (χ3n) is 5.39. The van der Waals surface area contributed by atoms with Crippen LogP contribution in [0.25, 0.3) is 0 Å². The van der Waals surface area contributed by atoms with Gasteiger partial charge in [0.05, 0.1) is 5.56 Å². The van der Waals surface area contributed by atoms with Crippen LogP contribution in [0, 0.1) is 11.8 Å². The van der Waals surface area contributed by atoms with E-state index in [1.54, 1.807) is 0 Å². The molecule has 0 bridgehead atoms. The topological polar surface area (TPSA) is 49.8 Å². The minimum absolute atomic E-state index is 0.144. The van der Waals surface area contributed by atoms with E-state index < -0.39 is 18.0 Å². The van der Waals surface area contributed by atoms with Crippen LogP contribution in [-0.2, 0) is 22.3 Å². The van der Waals surface area contributed by atoms with Crippen molar-refractivity contribution in [2.24, 2.45) is 11.8 Å². The van der Waals surface area contributed by atoms with Crippen molar-refractivity contribution in [3.8, 4) is 0 Å². The van der Waals surface area contributed by atoms with E-state index in [0.29, 0.717) is 24.4 Å². The minimum Gasteiger partial charge on any atom is -0.310 e. The molecule has 138 valence electrons. The summed E-state index contributed by atoms with van der Waals surface area (Å²) < 4.78 is 39.0. The number of hydrogen-bond acceptors (Lipinski definition) is 3. The molecule has 1 aliphatic heterocycles. The summed E-state index contributed by atoms with van der Waals surface area (Å²) in [4.78, 5) is 18.7. The molecule has 1 saturated carbocycles. The van der Waals surface area contributed by atoms with E-state index in [0.717, 1.165) is 37.8 Å². The lowest BCUT2D eigenvalue weighted by Gasteiger charge is -2.38. The molecular weight excluding hydrogens is 335 g/mol. The van der Waals surface area contributed by atoms with E-state index in [-0.39, 0.29) is 17.4 Å². The Balaban J connectivity index is 1.85. The minimum atomic E-state index is -4.49. The van der Waals surface area contributed by atoms with Gasteiger partial charge in [0.2, 0.25) is 5.91 Å². The van der Waals surface area contributed by atoms with Gasteiger partial charge in [-0.1, -0.05) is 13.0 Å². The summed E-state index contributed by atoms with van der Waals surface area (Å²) >= 11 is 0. The molecule has 0 spiro atoms. The summed E-state index contributed by atoms with van der Waals surface area (Å²) in [6, 6.07) is 3.39. The van der Waals surface area contributed by atoms with Crippen molar-refractivity contribution in [3.63, 3.8) is 0 Å². The van der Waals surface area contributed by atoms with Crippen molar-refractivity contribution in [2.45, 2.75) is 51.4 Å². The zero-order valence-corrected chi connectivity index (χ0v) is 14.1. The van der Waals surface area contributed by atoms with Gasteiger partial charge in [-0.3, -0.25) is 4.79 Å². The van der Waals surface area contributed by atoms with E-state index in [1.165, 1.54) is 11.0 Å². The summed E-state index contributed by atoms with van der Waals surface area (Å²) in [5.41, 5.74) is 0.0589. The predicted octanol–water partition coefficient (Wildman–Crippen LogP) is 4.40. The van der Waals surface area contributed by atoms with Gasteiger partial charge in [-0.2, -0.15) is 13.2 Å². The molecule has 0 saturated heterocycles. The number of amides is 1. The maximum Gasteiger partial charge on any atom is 0.416 e. The molecule has 1 N–H and O–H groups in total. The van der Waals surface area contributed by atoms with Crippen molar-refractivity contribution in [2.75, 3.05) is 6.54 Å². The Hall–Kier alpha value is -1.60. The lowest BCUT2D eigenvalue weighted by atomic mass is 9.82. The molecule has 1 unspecified atom stereocenters. The Morgan fingerprint density at radius 2 is 1.92 bits per heavy atom. The molecule has 1 aliphatic carbocycles. The molecule has 0 radical (unpaired) electrons. The number of halogens is 3. The zero-order valence-electron chi connectivity index (χ0n) is 14.1. The van der Waals surface area contributed by atoms with Crippen LogP contribution in [0.15, 0.2) is 18.2 Å². The van der Waals surface area contributed by atoms with Gasteiger partial charge in [0, 0.05) is 18.0 Å². The second-order valence-electron chi connectivity index (χ2n) is 7.11. The first-order chi connectivity index (χ1) is 11.8. The van der Waals surface area contributed by atoms with Gasteiger partial charge in [-0.15, -0.1) is 0 Å². The quantitative estimate of drug-likeness (QED) is 0.630. The van der Waals surface area contributed by atoms with E-state index in [4.69, 9.17) is 0 Å². The van der Waals surface area contributed by atoms with Crippen molar-refractivity contribution in [1.82, 2.24) is 4.90 Å². The standard InChI is InChI=1S/C18H22F3NO3/c1-11-2-4-13(5-3-11)16(23)22-9-8-12-6-7-14(18(19,20)21)10-15(12)17(22)25-24/h6-7,10-11,13,17,24H,2-5,8-9H2,1H3. The highest BCUT2D eigenvalue weighted by Gasteiger charge is 2.38. The third kappa shape index (κ3) is 3.67. The summed E-state index contributed by atoms with van der Waals surface area (Å²) in [6.07, 6.45) is -1.76. The van der Waals surface area contributed by atoms with Crippen LogP contribution in [0.4, 0.5) is 13.2 Å². The highest BCUT2D eigenvalue weighted by Crippen LogP contribution is 2.38. The zero-order chi connectivity index (χ0) is 18.2. The first kappa shape index (κ1) is 18.2. The second kappa shape index (κ2) is 6.96. The average molecular weight is 357 g/mol. The Morgan fingerprint density at radius 1 is 1.24 bits per heavy atom. The Kier molecular flexibility index (Phi) is 5.06. The molecule has 1 heterocycles. The highest BCUT2D eigenvalue weighted by molar-refractivity contribution is 5.79. The average Bonchev–Trinajstić information content (AvgIpc) is 2.59. The maximum absolute atomic E-state index is 13.0. The van der Waals surface area contributed by atoms with Gasteiger partial charge >= 0.3 is 6.18 Å². The van der Waals surface area contributed by atoms with Crippen LogP contribution in [0.2, 0.25) is 0 Å². The number of alkyl halides is 3. The van der Waals surface area contributed by atoms with Gasteiger partial charge in [-0.25, -0.2) is 10.1 Å². The largest absolute Gasteiger partial charge is 0.416 e. The third-order valence-corrected chi connectivity index (χ3v) is 5.39. The molecule has 1 aromatic carbocycles. The van der Waals surface area contributed by atoms with Crippen molar-refractivity contribution >= 4 is 5.91 Å². The number of benzene rings is 1.